The van der Waals surface area contributed by atoms with E-state index in [0.29, 0.717) is 5.92 Å². The van der Waals surface area contributed by atoms with Gasteiger partial charge in [-0.2, -0.15) is 0 Å². The molecule has 1 aromatic rings. The topological polar surface area (TPSA) is 20.3 Å². The lowest BCUT2D eigenvalue weighted by atomic mass is 9.88. The van der Waals surface area contributed by atoms with Crippen molar-refractivity contribution in [2.45, 2.75) is 33.2 Å². The van der Waals surface area contributed by atoms with Crippen LogP contribution in [0.3, 0.4) is 0 Å². The zero-order valence-electron chi connectivity index (χ0n) is 9.83. The molecule has 1 aliphatic heterocycles. The number of anilines is 1. The smallest absolute Gasteiger partial charge is 0.224 e. The molecule has 0 spiro atoms. The van der Waals surface area contributed by atoms with Crippen molar-refractivity contribution < 1.29 is 4.79 Å². The quantitative estimate of drug-likeness (QED) is 0.714. The Bertz CT molecular complexity index is 430. The van der Waals surface area contributed by atoms with Gasteiger partial charge in [-0.15, -0.1) is 0 Å². The minimum absolute atomic E-state index is 0.127. The first-order valence-corrected chi connectivity index (χ1v) is 6.38. The van der Waals surface area contributed by atoms with Gasteiger partial charge in [0.05, 0.1) is 0 Å². The largest absolute Gasteiger partial charge is 0.309 e. The molecule has 0 saturated carbocycles. The van der Waals surface area contributed by atoms with Crippen molar-refractivity contribution in [1.29, 1.82) is 0 Å². The maximum absolute atomic E-state index is 11.7. The SMILES string of the molecule is CC(=O)N1c2ccc(Br)cc2CC(C)[C@@H]1C. The first kappa shape index (κ1) is 11.6. The molecule has 2 rings (SSSR count). The summed E-state index contributed by atoms with van der Waals surface area (Å²) in [6.45, 7) is 5.96. The van der Waals surface area contributed by atoms with E-state index in [9.17, 15) is 4.79 Å². The van der Waals surface area contributed by atoms with Gasteiger partial charge in [-0.25, -0.2) is 0 Å². The van der Waals surface area contributed by atoms with Crippen molar-refractivity contribution in [3.8, 4) is 0 Å². The van der Waals surface area contributed by atoms with Crippen LogP contribution >= 0.6 is 15.9 Å². The number of halogens is 1. The highest BCUT2D eigenvalue weighted by atomic mass is 79.9. The van der Waals surface area contributed by atoms with Crippen molar-refractivity contribution in [2.24, 2.45) is 5.92 Å². The van der Waals surface area contributed by atoms with Crippen molar-refractivity contribution in [3.63, 3.8) is 0 Å². The number of fused-ring (bicyclic) bond motifs is 1. The van der Waals surface area contributed by atoms with Gasteiger partial charge in [-0.3, -0.25) is 4.79 Å². The first-order valence-electron chi connectivity index (χ1n) is 5.59. The summed E-state index contributed by atoms with van der Waals surface area (Å²) in [7, 11) is 0. The molecule has 3 heteroatoms. The molecule has 0 aromatic heterocycles. The Morgan fingerprint density at radius 2 is 2.12 bits per heavy atom. The van der Waals surface area contributed by atoms with Crippen molar-refractivity contribution in [2.75, 3.05) is 4.90 Å². The lowest BCUT2D eigenvalue weighted by Crippen LogP contribution is -2.45. The highest BCUT2D eigenvalue weighted by Gasteiger charge is 2.30. The molecule has 0 radical (unpaired) electrons. The molecule has 0 bridgehead atoms. The second kappa shape index (κ2) is 4.21. The normalized spacial score (nSPS) is 24.1. The maximum Gasteiger partial charge on any atom is 0.224 e. The Hall–Kier alpha value is -0.830. The number of amides is 1. The Kier molecular flexibility index (Phi) is 3.06. The fourth-order valence-electron chi connectivity index (χ4n) is 2.40. The fraction of sp³-hybridized carbons (Fsp3) is 0.462. The van der Waals surface area contributed by atoms with Crippen LogP contribution in [-0.2, 0) is 11.2 Å². The average molecular weight is 282 g/mol. The summed E-state index contributed by atoms with van der Waals surface area (Å²) in [6, 6.07) is 6.43. The summed E-state index contributed by atoms with van der Waals surface area (Å²) in [5.74, 6) is 0.633. The number of carbonyl (C=O) groups is 1. The van der Waals surface area contributed by atoms with Gasteiger partial charge < -0.3 is 4.90 Å². The van der Waals surface area contributed by atoms with Crippen molar-refractivity contribution in [1.82, 2.24) is 0 Å². The summed E-state index contributed by atoms with van der Waals surface area (Å²) in [5, 5.41) is 0. The van der Waals surface area contributed by atoms with Crippen LogP contribution in [0.15, 0.2) is 22.7 Å². The number of rotatable bonds is 0. The molecule has 1 heterocycles. The summed E-state index contributed by atoms with van der Waals surface area (Å²) >= 11 is 3.48. The number of carbonyl (C=O) groups excluding carboxylic acids is 1. The van der Waals surface area contributed by atoms with Gasteiger partial charge in [0.15, 0.2) is 0 Å². The van der Waals surface area contributed by atoms with Crippen LogP contribution < -0.4 is 4.90 Å². The minimum Gasteiger partial charge on any atom is -0.309 e. The molecular formula is C13H16BrNO. The Balaban J connectivity index is 2.52. The van der Waals surface area contributed by atoms with Gasteiger partial charge in [0.1, 0.15) is 0 Å². The highest BCUT2D eigenvalue weighted by molar-refractivity contribution is 9.10. The summed E-state index contributed by atoms with van der Waals surface area (Å²) in [5.41, 5.74) is 2.33. The minimum atomic E-state index is 0.127. The van der Waals surface area contributed by atoms with Crippen LogP contribution in [-0.4, -0.2) is 11.9 Å². The van der Waals surface area contributed by atoms with E-state index in [0.717, 1.165) is 16.6 Å². The molecule has 1 amide bonds. The van der Waals surface area contributed by atoms with Gasteiger partial charge in [0.2, 0.25) is 5.91 Å². The van der Waals surface area contributed by atoms with Gasteiger partial charge in [-0.05, 0) is 43.0 Å². The maximum atomic E-state index is 11.7. The molecule has 1 aromatic carbocycles. The Morgan fingerprint density at radius 1 is 1.44 bits per heavy atom. The number of hydrogen-bond acceptors (Lipinski definition) is 1. The van der Waals surface area contributed by atoms with Crippen LogP contribution in [0.5, 0.6) is 0 Å². The van der Waals surface area contributed by atoms with E-state index in [4.69, 9.17) is 0 Å². The molecule has 2 atom stereocenters. The number of hydrogen-bond donors (Lipinski definition) is 0. The van der Waals surface area contributed by atoms with E-state index < -0.39 is 0 Å². The molecule has 0 N–H and O–H groups in total. The number of nitrogens with zero attached hydrogens (tertiary/aromatic N) is 1. The summed E-state index contributed by atoms with van der Waals surface area (Å²) in [6.07, 6.45) is 1.04. The molecule has 0 aliphatic carbocycles. The summed E-state index contributed by atoms with van der Waals surface area (Å²) < 4.78 is 1.08. The van der Waals surface area contributed by atoms with E-state index in [2.05, 4.69) is 35.8 Å². The monoisotopic (exact) mass is 281 g/mol. The van der Waals surface area contributed by atoms with Crippen LogP contribution in [0, 0.1) is 5.92 Å². The molecule has 0 saturated heterocycles. The van der Waals surface area contributed by atoms with Gasteiger partial charge in [0.25, 0.3) is 0 Å². The average Bonchev–Trinajstić information content (AvgIpc) is 2.19. The highest BCUT2D eigenvalue weighted by Crippen LogP contribution is 2.35. The molecule has 1 unspecified atom stereocenters. The molecule has 86 valence electrons. The number of benzene rings is 1. The van der Waals surface area contributed by atoms with Crippen LogP contribution in [0.4, 0.5) is 5.69 Å². The first-order chi connectivity index (χ1) is 7.50. The van der Waals surface area contributed by atoms with E-state index in [-0.39, 0.29) is 11.9 Å². The molecule has 0 fully saturated rings. The third kappa shape index (κ3) is 1.88. The second-order valence-electron chi connectivity index (χ2n) is 4.58. The second-order valence-corrected chi connectivity index (χ2v) is 5.50. The van der Waals surface area contributed by atoms with E-state index in [1.165, 1.54) is 5.56 Å². The third-order valence-electron chi connectivity index (χ3n) is 3.41. The Labute approximate surface area is 105 Å². The predicted molar refractivity (Wildman–Crippen MR) is 69.6 cm³/mol. The Morgan fingerprint density at radius 3 is 2.75 bits per heavy atom. The van der Waals surface area contributed by atoms with Gasteiger partial charge in [0, 0.05) is 23.1 Å². The van der Waals surface area contributed by atoms with E-state index in [1.54, 1.807) is 6.92 Å². The lowest BCUT2D eigenvalue weighted by Gasteiger charge is -2.38. The third-order valence-corrected chi connectivity index (χ3v) is 3.91. The van der Waals surface area contributed by atoms with Crippen LogP contribution in [0.2, 0.25) is 0 Å². The lowest BCUT2D eigenvalue weighted by molar-refractivity contribution is -0.117. The van der Waals surface area contributed by atoms with Crippen molar-refractivity contribution >= 4 is 27.5 Å². The van der Waals surface area contributed by atoms with Crippen molar-refractivity contribution in [3.05, 3.63) is 28.2 Å². The molecule has 16 heavy (non-hydrogen) atoms. The zero-order chi connectivity index (χ0) is 11.9. The predicted octanol–water partition coefficient (Wildman–Crippen LogP) is 3.38. The van der Waals surface area contributed by atoms with Crippen LogP contribution in [0.25, 0.3) is 0 Å². The molecule has 1 aliphatic rings. The van der Waals surface area contributed by atoms with E-state index >= 15 is 0 Å². The molecular weight excluding hydrogens is 266 g/mol. The van der Waals surface area contributed by atoms with Crippen LogP contribution in [0.1, 0.15) is 26.3 Å². The van der Waals surface area contributed by atoms with E-state index in [1.807, 2.05) is 17.0 Å². The fourth-order valence-corrected chi connectivity index (χ4v) is 2.81. The van der Waals surface area contributed by atoms with Gasteiger partial charge in [-0.1, -0.05) is 22.9 Å². The summed E-state index contributed by atoms with van der Waals surface area (Å²) in [4.78, 5) is 13.6. The zero-order valence-corrected chi connectivity index (χ0v) is 11.4. The van der Waals surface area contributed by atoms with Gasteiger partial charge >= 0.3 is 0 Å². The standard InChI is InChI=1S/C13H16BrNO/c1-8-6-11-7-12(14)4-5-13(11)15(9(8)2)10(3)16/h4-5,7-9H,6H2,1-3H3/t8?,9-/m0/s1. The molecule has 2 nitrogen and oxygen atoms in total.